The van der Waals surface area contributed by atoms with Gasteiger partial charge in [-0.25, -0.2) is 4.98 Å². The van der Waals surface area contributed by atoms with Crippen LogP contribution in [0.15, 0.2) is 152 Å². The van der Waals surface area contributed by atoms with Crippen molar-refractivity contribution in [2.24, 2.45) is 0 Å². The summed E-state index contributed by atoms with van der Waals surface area (Å²) in [6, 6.07) is 51.7. The molecule has 8 rings (SSSR count). The Morgan fingerprint density at radius 1 is 0.589 bits per heavy atom. The van der Waals surface area contributed by atoms with Crippen LogP contribution in [0, 0.1) is 13.8 Å². The molecule has 0 amide bonds. The van der Waals surface area contributed by atoms with Crippen molar-refractivity contribution in [1.29, 1.82) is 0 Å². The van der Waals surface area contributed by atoms with Crippen molar-refractivity contribution in [2.75, 3.05) is 0 Å². The summed E-state index contributed by atoms with van der Waals surface area (Å²) in [6.45, 7) is 15.2. The number of benzene rings is 6. The first-order valence-corrected chi connectivity index (χ1v) is 19.6. The topological polar surface area (TPSA) is 50.9 Å². The van der Waals surface area contributed by atoms with E-state index in [1.807, 2.05) is 19.2 Å². The van der Waals surface area contributed by atoms with Gasteiger partial charge in [0.05, 0.1) is 28.3 Å². The van der Waals surface area contributed by atoms with Crippen LogP contribution in [0.1, 0.15) is 80.0 Å². The quantitative estimate of drug-likeness (QED) is 0.169. The van der Waals surface area contributed by atoms with Gasteiger partial charge in [0, 0.05) is 23.2 Å². The normalized spacial score (nSPS) is 12.8. The highest BCUT2D eigenvalue weighted by molar-refractivity contribution is 5.96. The second-order valence-corrected chi connectivity index (χ2v) is 16.3. The van der Waals surface area contributed by atoms with E-state index >= 15 is 0 Å². The number of aromatic hydroxyl groups is 1. The summed E-state index contributed by atoms with van der Waals surface area (Å²) in [5.41, 5.74) is 15.8. The SMILES string of the molecule is Cc1cc(-c2cc(-c3ccc(C(C)c4ccccc4)cc3)ccn2)cc(-c2cccc3c2nc(-c2cc(C(C)(C)C)cc(C)c2O)n3C(C)c2ccccc2)c1. The monoisotopic (exact) mass is 731 g/mol. The van der Waals surface area contributed by atoms with Crippen LogP contribution < -0.4 is 0 Å². The Kier molecular flexibility index (Phi) is 9.68. The zero-order valence-corrected chi connectivity index (χ0v) is 33.4. The van der Waals surface area contributed by atoms with E-state index in [1.54, 1.807) is 0 Å². The smallest absolute Gasteiger partial charge is 0.145 e. The van der Waals surface area contributed by atoms with Gasteiger partial charge < -0.3 is 9.67 Å². The molecular weight excluding hydrogens is 683 g/mol. The number of aryl methyl sites for hydroxylation is 2. The highest BCUT2D eigenvalue weighted by Gasteiger charge is 2.26. The fourth-order valence-electron chi connectivity index (χ4n) is 7.95. The van der Waals surface area contributed by atoms with Crippen molar-refractivity contribution >= 4 is 11.0 Å². The largest absolute Gasteiger partial charge is 0.507 e. The summed E-state index contributed by atoms with van der Waals surface area (Å²) in [5.74, 6) is 1.34. The molecule has 6 aromatic carbocycles. The van der Waals surface area contributed by atoms with Gasteiger partial charge in [0.25, 0.3) is 0 Å². The molecule has 278 valence electrons. The lowest BCUT2D eigenvalue weighted by molar-refractivity contribution is 0.470. The molecule has 8 aromatic rings. The number of phenols is 1. The molecule has 0 radical (unpaired) electrons. The highest BCUT2D eigenvalue weighted by atomic mass is 16.3. The average Bonchev–Trinajstić information content (AvgIpc) is 3.61. The third-order valence-corrected chi connectivity index (χ3v) is 11.3. The van der Waals surface area contributed by atoms with E-state index in [9.17, 15) is 5.11 Å². The minimum Gasteiger partial charge on any atom is -0.507 e. The molecule has 1 N–H and O–H groups in total. The van der Waals surface area contributed by atoms with Crippen LogP contribution in [-0.4, -0.2) is 19.6 Å². The summed E-state index contributed by atoms with van der Waals surface area (Å²) in [7, 11) is 0. The average molecular weight is 732 g/mol. The first kappa shape index (κ1) is 36.7. The predicted octanol–water partition coefficient (Wildman–Crippen LogP) is 13.5. The first-order valence-electron chi connectivity index (χ1n) is 19.6. The van der Waals surface area contributed by atoms with Crippen LogP contribution in [0.3, 0.4) is 0 Å². The molecular formula is C52H49N3O. The molecule has 4 heteroatoms. The van der Waals surface area contributed by atoms with Crippen LogP contribution in [0.25, 0.3) is 55.9 Å². The Bertz CT molecular complexity index is 2670. The number of imidazole rings is 1. The van der Waals surface area contributed by atoms with E-state index < -0.39 is 0 Å². The predicted molar refractivity (Wildman–Crippen MR) is 233 cm³/mol. The van der Waals surface area contributed by atoms with Crippen molar-refractivity contribution in [3.63, 3.8) is 0 Å². The van der Waals surface area contributed by atoms with Crippen LogP contribution >= 0.6 is 0 Å². The van der Waals surface area contributed by atoms with Gasteiger partial charge in [0.1, 0.15) is 11.6 Å². The van der Waals surface area contributed by atoms with Crippen molar-refractivity contribution < 1.29 is 5.11 Å². The maximum absolute atomic E-state index is 11.7. The van der Waals surface area contributed by atoms with Gasteiger partial charge in [-0.15, -0.1) is 0 Å². The lowest BCUT2D eigenvalue weighted by Crippen LogP contribution is -2.13. The minimum absolute atomic E-state index is 0.0416. The lowest BCUT2D eigenvalue weighted by Gasteiger charge is -2.23. The molecule has 0 aliphatic rings. The molecule has 0 spiro atoms. The molecule has 0 aliphatic heterocycles. The fraction of sp³-hybridized carbons (Fsp3) is 0.192. The Labute approximate surface area is 331 Å². The lowest BCUT2D eigenvalue weighted by atomic mass is 9.84. The first-order chi connectivity index (χ1) is 27.0. The third-order valence-electron chi connectivity index (χ3n) is 11.3. The Morgan fingerprint density at radius 3 is 1.95 bits per heavy atom. The van der Waals surface area contributed by atoms with E-state index in [4.69, 9.17) is 9.97 Å². The maximum Gasteiger partial charge on any atom is 0.145 e. The van der Waals surface area contributed by atoms with Gasteiger partial charge in [0.15, 0.2) is 0 Å². The van der Waals surface area contributed by atoms with Crippen LogP contribution in [0.4, 0.5) is 0 Å². The van der Waals surface area contributed by atoms with Crippen molar-refractivity contribution in [2.45, 2.75) is 65.8 Å². The number of pyridine rings is 1. The van der Waals surface area contributed by atoms with Crippen LogP contribution in [-0.2, 0) is 5.41 Å². The van der Waals surface area contributed by atoms with Gasteiger partial charge in [-0.2, -0.15) is 0 Å². The number of para-hydroxylation sites is 1. The Balaban J connectivity index is 1.23. The maximum atomic E-state index is 11.7. The molecule has 2 unspecified atom stereocenters. The zero-order valence-electron chi connectivity index (χ0n) is 33.4. The molecule has 0 saturated carbocycles. The Hall–Kier alpha value is -6.26. The van der Waals surface area contributed by atoms with E-state index in [0.717, 1.165) is 72.6 Å². The summed E-state index contributed by atoms with van der Waals surface area (Å²) < 4.78 is 2.29. The number of fused-ring (bicyclic) bond motifs is 1. The summed E-state index contributed by atoms with van der Waals surface area (Å²) >= 11 is 0. The van der Waals surface area contributed by atoms with E-state index in [1.165, 1.54) is 16.7 Å². The number of hydrogen-bond donors (Lipinski definition) is 1. The van der Waals surface area contributed by atoms with Crippen LogP contribution in [0.5, 0.6) is 5.75 Å². The number of phenolic OH excluding ortho intramolecular Hbond substituents is 1. The van der Waals surface area contributed by atoms with Crippen LogP contribution in [0.2, 0.25) is 0 Å². The number of hydrogen-bond acceptors (Lipinski definition) is 3. The summed E-state index contributed by atoms with van der Waals surface area (Å²) in [4.78, 5) is 10.3. The van der Waals surface area contributed by atoms with Gasteiger partial charge in [-0.05, 0) is 113 Å². The van der Waals surface area contributed by atoms with Crippen molar-refractivity contribution in [3.8, 4) is 50.6 Å². The minimum atomic E-state index is -0.103. The second-order valence-electron chi connectivity index (χ2n) is 16.3. The second kappa shape index (κ2) is 14.8. The zero-order chi connectivity index (χ0) is 39.1. The number of aromatic nitrogens is 3. The molecule has 2 aromatic heterocycles. The molecule has 4 nitrogen and oxygen atoms in total. The van der Waals surface area contributed by atoms with Gasteiger partial charge in [-0.3, -0.25) is 4.98 Å². The van der Waals surface area contributed by atoms with Gasteiger partial charge in [-0.1, -0.05) is 137 Å². The molecule has 56 heavy (non-hydrogen) atoms. The van der Waals surface area contributed by atoms with Gasteiger partial charge >= 0.3 is 0 Å². The standard InChI is InChI=1S/C52H49N3O/c1-33-27-42(30-43(28-33)47-31-41(25-26-53-47)40-23-21-38(22-24-40)35(3)37-15-10-8-11-16-37)45-19-14-20-48-49(45)54-51(55(48)36(4)39-17-12-9-13-18-39)46-32-44(52(5,6)7)29-34(2)50(46)56/h8-32,35-36,56H,1-7H3. The molecule has 0 fully saturated rings. The van der Waals surface area contributed by atoms with Gasteiger partial charge in [0.2, 0.25) is 0 Å². The van der Waals surface area contributed by atoms with E-state index in [-0.39, 0.29) is 17.2 Å². The fourth-order valence-corrected chi connectivity index (χ4v) is 7.95. The Morgan fingerprint density at radius 2 is 1.25 bits per heavy atom. The molecule has 0 bridgehead atoms. The highest BCUT2D eigenvalue weighted by Crippen LogP contribution is 2.42. The third kappa shape index (κ3) is 7.04. The van der Waals surface area contributed by atoms with E-state index in [2.05, 4.69) is 186 Å². The summed E-state index contributed by atoms with van der Waals surface area (Å²) in [5, 5.41) is 11.7. The molecule has 2 atom stereocenters. The number of rotatable bonds is 8. The molecule has 2 heterocycles. The molecule has 0 saturated heterocycles. The van der Waals surface area contributed by atoms with Crippen molar-refractivity contribution in [1.82, 2.24) is 14.5 Å². The summed E-state index contributed by atoms with van der Waals surface area (Å²) in [6.07, 6.45) is 1.91. The van der Waals surface area contributed by atoms with Crippen molar-refractivity contribution in [3.05, 3.63) is 185 Å². The molecule has 0 aliphatic carbocycles. The number of nitrogens with zero attached hydrogens (tertiary/aromatic N) is 3. The van der Waals surface area contributed by atoms with E-state index in [0.29, 0.717) is 5.92 Å².